The van der Waals surface area contributed by atoms with Crippen LogP contribution in [0.4, 0.5) is 0 Å². The molecule has 14 heavy (non-hydrogen) atoms. The molecule has 2 aliphatic heterocycles. The van der Waals surface area contributed by atoms with Gasteiger partial charge in [0.1, 0.15) is 0 Å². The van der Waals surface area contributed by atoms with Crippen molar-refractivity contribution in [1.29, 1.82) is 0 Å². The van der Waals surface area contributed by atoms with Gasteiger partial charge in [-0.05, 0) is 6.92 Å². The number of thioether (sulfide) groups is 1. The Bertz CT molecular complexity index is 341. The molecular weight excluding hydrogens is 213 g/mol. The summed E-state index contributed by atoms with van der Waals surface area (Å²) >= 11 is 1.43. The Morgan fingerprint density at radius 1 is 1.57 bits per heavy atom. The van der Waals surface area contributed by atoms with Gasteiger partial charge in [0.2, 0.25) is 5.91 Å². The fourth-order valence-corrected chi connectivity index (χ4v) is 2.94. The molecular formula is C8H8NNaO3S. The minimum Gasteiger partial charge on any atom is -0.543 e. The molecule has 0 aromatic carbocycles. The molecule has 0 spiro atoms. The van der Waals surface area contributed by atoms with Gasteiger partial charge in [0.15, 0.2) is 0 Å². The number of carbonyl (C=O) groups is 2. The van der Waals surface area contributed by atoms with Crippen LogP contribution >= 0.6 is 11.8 Å². The van der Waals surface area contributed by atoms with Crippen LogP contribution in [0.1, 0.15) is 13.8 Å². The first-order chi connectivity index (χ1) is 6.04. The fourth-order valence-electron chi connectivity index (χ4n) is 1.65. The van der Waals surface area contributed by atoms with Crippen LogP contribution < -0.4 is 34.7 Å². The molecule has 1 saturated heterocycles. The Balaban J connectivity index is 0.000000980. The summed E-state index contributed by atoms with van der Waals surface area (Å²) in [6.45, 7) is 3.51. The maximum atomic E-state index is 11.3. The number of hydrogen-bond acceptors (Lipinski definition) is 4. The Hall–Kier alpha value is 0.0300. The number of amides is 1. The molecule has 4 nitrogen and oxygen atoms in total. The van der Waals surface area contributed by atoms with Crippen molar-refractivity contribution in [3.63, 3.8) is 0 Å². The number of nitrogens with zero attached hydrogens (tertiary/aromatic N) is 1. The van der Waals surface area contributed by atoms with Crippen molar-refractivity contribution in [2.24, 2.45) is 5.92 Å². The van der Waals surface area contributed by atoms with Crippen molar-refractivity contribution in [3.05, 3.63) is 10.6 Å². The van der Waals surface area contributed by atoms with E-state index >= 15 is 0 Å². The van der Waals surface area contributed by atoms with E-state index in [1.807, 2.05) is 6.92 Å². The average Bonchev–Trinajstić information content (AvgIpc) is 2.39. The van der Waals surface area contributed by atoms with Crippen LogP contribution in [0.15, 0.2) is 10.6 Å². The van der Waals surface area contributed by atoms with Crippen LogP contribution in [0.2, 0.25) is 0 Å². The van der Waals surface area contributed by atoms with Gasteiger partial charge < -0.3 is 9.90 Å². The number of fused-ring (bicyclic) bond motifs is 1. The van der Waals surface area contributed by atoms with Gasteiger partial charge in [-0.1, -0.05) is 6.92 Å². The van der Waals surface area contributed by atoms with Gasteiger partial charge in [0.25, 0.3) is 0 Å². The smallest absolute Gasteiger partial charge is 0.543 e. The molecule has 2 aliphatic rings. The van der Waals surface area contributed by atoms with Crippen LogP contribution in [0, 0.1) is 5.92 Å². The quantitative estimate of drug-likeness (QED) is 0.341. The van der Waals surface area contributed by atoms with Crippen molar-refractivity contribution >= 4 is 23.6 Å². The summed E-state index contributed by atoms with van der Waals surface area (Å²) in [4.78, 5) is 24.0. The van der Waals surface area contributed by atoms with E-state index in [-0.39, 0.29) is 52.5 Å². The van der Waals surface area contributed by atoms with E-state index in [1.165, 1.54) is 16.7 Å². The molecule has 1 unspecified atom stereocenters. The molecule has 0 aromatic rings. The van der Waals surface area contributed by atoms with Gasteiger partial charge in [0.05, 0.1) is 23.0 Å². The Morgan fingerprint density at radius 3 is 2.64 bits per heavy atom. The van der Waals surface area contributed by atoms with Gasteiger partial charge in [-0.25, -0.2) is 0 Å². The molecule has 2 rings (SSSR count). The van der Waals surface area contributed by atoms with E-state index in [1.54, 1.807) is 6.92 Å². The van der Waals surface area contributed by atoms with Crippen molar-refractivity contribution in [2.75, 3.05) is 0 Å². The third-order valence-electron chi connectivity index (χ3n) is 2.37. The second kappa shape index (κ2) is 3.89. The molecule has 6 heteroatoms. The molecule has 0 aliphatic carbocycles. The minimum absolute atomic E-state index is 0. The number of carbonyl (C=O) groups excluding carboxylic acids is 2. The predicted octanol–water partition coefficient (Wildman–Crippen LogP) is -3.48. The van der Waals surface area contributed by atoms with Crippen LogP contribution in [-0.2, 0) is 9.59 Å². The fraction of sp³-hybridized carbons (Fsp3) is 0.500. The monoisotopic (exact) mass is 221 g/mol. The van der Waals surface area contributed by atoms with E-state index in [4.69, 9.17) is 0 Å². The molecule has 0 saturated carbocycles. The Labute approximate surface area is 108 Å². The number of carboxylic acids is 1. The standard InChI is InChI=1S/C8H9NO3S.Na/c1-3-6(10)9-5(8(11)12)4(2)13-7(3)9;/h3,7H,1-2H3,(H,11,12);/q;+1/p-1/t3?,7-;/m1./s1. The minimum atomic E-state index is -1.26. The van der Waals surface area contributed by atoms with Crippen LogP contribution in [0.5, 0.6) is 0 Å². The van der Waals surface area contributed by atoms with E-state index in [0.717, 1.165) is 0 Å². The molecule has 2 atom stereocenters. The van der Waals surface area contributed by atoms with Crippen LogP contribution in [0.25, 0.3) is 0 Å². The van der Waals surface area contributed by atoms with E-state index < -0.39 is 5.97 Å². The van der Waals surface area contributed by atoms with Gasteiger partial charge in [0, 0.05) is 4.91 Å². The summed E-state index contributed by atoms with van der Waals surface area (Å²) < 4.78 is 0. The topological polar surface area (TPSA) is 60.4 Å². The Kier molecular flexibility index (Phi) is 3.36. The molecule has 70 valence electrons. The summed E-state index contributed by atoms with van der Waals surface area (Å²) in [6, 6.07) is 0. The molecule has 1 fully saturated rings. The van der Waals surface area contributed by atoms with Gasteiger partial charge in [-0.3, -0.25) is 9.69 Å². The zero-order chi connectivity index (χ0) is 9.75. The third kappa shape index (κ3) is 1.43. The first-order valence-corrected chi connectivity index (χ1v) is 4.84. The van der Waals surface area contributed by atoms with Crippen molar-refractivity contribution in [3.8, 4) is 0 Å². The molecule has 0 N–H and O–H groups in total. The summed E-state index contributed by atoms with van der Waals surface area (Å²) in [6.07, 6.45) is 0. The van der Waals surface area contributed by atoms with Gasteiger partial charge in [-0.15, -0.1) is 11.8 Å². The number of allylic oxidation sites excluding steroid dienone is 1. The third-order valence-corrected chi connectivity index (χ3v) is 3.78. The first kappa shape index (κ1) is 12.1. The molecule has 2 heterocycles. The molecule has 0 aromatic heterocycles. The summed E-state index contributed by atoms with van der Waals surface area (Å²) in [5, 5.41) is 10.7. The van der Waals surface area contributed by atoms with E-state index in [0.29, 0.717) is 4.91 Å². The Morgan fingerprint density at radius 2 is 2.14 bits per heavy atom. The zero-order valence-electron chi connectivity index (χ0n) is 8.23. The summed E-state index contributed by atoms with van der Waals surface area (Å²) in [7, 11) is 0. The zero-order valence-corrected chi connectivity index (χ0v) is 11.1. The van der Waals surface area contributed by atoms with Crippen molar-refractivity contribution in [1.82, 2.24) is 4.90 Å². The van der Waals surface area contributed by atoms with Crippen molar-refractivity contribution < 1.29 is 44.3 Å². The summed E-state index contributed by atoms with van der Waals surface area (Å²) in [5.41, 5.74) is 0.0538. The SMILES string of the molecule is CC1=C(C(=O)[O-])N2C(=O)C(C)[C@H]2S1.[Na+]. The largest absolute Gasteiger partial charge is 1.00 e. The second-order valence-corrected chi connectivity index (χ2v) is 4.53. The number of aliphatic carboxylic acids is 1. The molecule has 1 amide bonds. The average molecular weight is 221 g/mol. The second-order valence-electron chi connectivity index (χ2n) is 3.20. The van der Waals surface area contributed by atoms with Crippen molar-refractivity contribution in [2.45, 2.75) is 19.2 Å². The van der Waals surface area contributed by atoms with Gasteiger partial charge in [-0.2, -0.15) is 0 Å². The maximum absolute atomic E-state index is 11.3. The number of carboxylic acid groups (broad SMARTS) is 1. The predicted molar refractivity (Wildman–Crippen MR) is 45.1 cm³/mol. The maximum Gasteiger partial charge on any atom is 1.00 e. The number of hydrogen-bond donors (Lipinski definition) is 0. The van der Waals surface area contributed by atoms with E-state index in [9.17, 15) is 14.7 Å². The first-order valence-electron chi connectivity index (χ1n) is 3.96. The summed E-state index contributed by atoms with van der Waals surface area (Å²) in [5.74, 6) is -1.45. The normalized spacial score (nSPS) is 29.6. The van der Waals surface area contributed by atoms with Crippen LogP contribution in [0.3, 0.4) is 0 Å². The molecule has 0 radical (unpaired) electrons. The molecule has 0 bridgehead atoms. The van der Waals surface area contributed by atoms with E-state index in [2.05, 4.69) is 0 Å². The van der Waals surface area contributed by atoms with Gasteiger partial charge >= 0.3 is 29.6 Å². The van der Waals surface area contributed by atoms with Crippen LogP contribution in [-0.4, -0.2) is 22.2 Å². The number of rotatable bonds is 1. The number of β-lactam (4-membered cyclic amide) rings is 1.